The number of alkyl halides is 3. The van der Waals surface area contributed by atoms with E-state index in [4.69, 9.17) is 0 Å². The smallest absolute Gasteiger partial charge is 0.416 e. The number of hydrogen-bond donors (Lipinski definition) is 2. The number of carbonyl (C=O) groups excluding carboxylic acids is 1. The van der Waals surface area contributed by atoms with Gasteiger partial charge in [0.2, 0.25) is 0 Å². The van der Waals surface area contributed by atoms with Gasteiger partial charge in [-0.15, -0.1) is 5.53 Å². The maximum absolute atomic E-state index is 12.4. The highest BCUT2D eigenvalue weighted by Crippen LogP contribution is 2.31. The molecular formula is C11H10F3N3O2. The largest absolute Gasteiger partial charge is 0.464 e. The zero-order valence-electron chi connectivity index (χ0n) is 9.78. The highest BCUT2D eigenvalue weighted by Gasteiger charge is 2.31. The van der Waals surface area contributed by atoms with Crippen LogP contribution in [0.3, 0.4) is 0 Å². The number of ether oxygens (including phenoxy) is 1. The topological polar surface area (TPSA) is 53.6 Å². The normalized spacial score (nSPS) is 14.9. The van der Waals surface area contributed by atoms with E-state index in [0.29, 0.717) is 5.69 Å². The van der Waals surface area contributed by atoms with E-state index in [1.54, 1.807) is 0 Å². The SMILES string of the molecule is COC(=O)C1=CNNN1c1ccc(C(F)(F)F)cc1. The lowest BCUT2D eigenvalue weighted by Crippen LogP contribution is -2.39. The summed E-state index contributed by atoms with van der Waals surface area (Å²) in [6.07, 6.45) is -3.04. The number of hydrogen-bond acceptors (Lipinski definition) is 5. The van der Waals surface area contributed by atoms with Crippen LogP contribution in [0.1, 0.15) is 5.56 Å². The van der Waals surface area contributed by atoms with Crippen molar-refractivity contribution in [3.05, 3.63) is 41.7 Å². The lowest BCUT2D eigenvalue weighted by molar-refractivity contribution is -0.138. The molecule has 2 rings (SSSR count). The molecule has 1 aliphatic heterocycles. The molecule has 0 bridgehead atoms. The van der Waals surface area contributed by atoms with Crippen molar-refractivity contribution in [3.8, 4) is 0 Å². The minimum Gasteiger partial charge on any atom is -0.464 e. The minimum atomic E-state index is -4.39. The summed E-state index contributed by atoms with van der Waals surface area (Å²) in [5.74, 6) is -0.614. The predicted molar refractivity (Wildman–Crippen MR) is 60.3 cm³/mol. The molecule has 0 spiro atoms. The van der Waals surface area contributed by atoms with Crippen molar-refractivity contribution in [1.82, 2.24) is 11.0 Å². The highest BCUT2D eigenvalue weighted by molar-refractivity contribution is 5.92. The van der Waals surface area contributed by atoms with Crippen LogP contribution in [0.25, 0.3) is 0 Å². The van der Waals surface area contributed by atoms with Crippen LogP contribution in [0, 0.1) is 0 Å². The summed E-state index contributed by atoms with van der Waals surface area (Å²) < 4.78 is 41.8. The number of halogens is 3. The van der Waals surface area contributed by atoms with E-state index in [1.165, 1.54) is 30.5 Å². The lowest BCUT2D eigenvalue weighted by Gasteiger charge is -2.20. The van der Waals surface area contributed by atoms with Crippen molar-refractivity contribution >= 4 is 11.7 Å². The third kappa shape index (κ3) is 2.63. The predicted octanol–water partition coefficient (Wildman–Crippen LogP) is 1.55. The second-order valence-corrected chi connectivity index (χ2v) is 3.66. The maximum Gasteiger partial charge on any atom is 0.416 e. The van der Waals surface area contributed by atoms with Crippen LogP contribution in [0.15, 0.2) is 36.2 Å². The molecule has 0 saturated heterocycles. The van der Waals surface area contributed by atoms with Crippen molar-refractivity contribution in [2.45, 2.75) is 6.18 Å². The molecule has 1 heterocycles. The van der Waals surface area contributed by atoms with Crippen LogP contribution in [0.4, 0.5) is 18.9 Å². The molecule has 0 atom stereocenters. The van der Waals surface area contributed by atoms with Gasteiger partial charge >= 0.3 is 12.1 Å². The monoisotopic (exact) mass is 273 g/mol. The second kappa shape index (κ2) is 4.81. The lowest BCUT2D eigenvalue weighted by atomic mass is 10.2. The highest BCUT2D eigenvalue weighted by atomic mass is 19.4. The summed E-state index contributed by atoms with van der Waals surface area (Å²) in [7, 11) is 1.21. The van der Waals surface area contributed by atoms with E-state index in [1.807, 2.05) is 0 Å². The average Bonchev–Trinajstić information content (AvgIpc) is 2.86. The van der Waals surface area contributed by atoms with Crippen LogP contribution in [-0.2, 0) is 15.7 Å². The Kier molecular flexibility index (Phi) is 3.34. The van der Waals surface area contributed by atoms with Gasteiger partial charge in [-0.2, -0.15) is 13.2 Å². The van der Waals surface area contributed by atoms with Crippen molar-refractivity contribution < 1.29 is 22.7 Å². The zero-order valence-corrected chi connectivity index (χ0v) is 9.78. The fourth-order valence-electron chi connectivity index (χ4n) is 1.55. The van der Waals surface area contributed by atoms with E-state index in [2.05, 4.69) is 15.7 Å². The molecule has 0 unspecified atom stereocenters. The molecule has 0 aromatic heterocycles. The molecule has 1 aromatic rings. The maximum atomic E-state index is 12.4. The number of hydrazine groups is 2. The molecule has 0 saturated carbocycles. The van der Waals surface area contributed by atoms with E-state index < -0.39 is 17.7 Å². The van der Waals surface area contributed by atoms with Gasteiger partial charge in [0, 0.05) is 6.20 Å². The number of carbonyl (C=O) groups is 1. The molecule has 0 aliphatic carbocycles. The van der Waals surface area contributed by atoms with Gasteiger partial charge in [-0.25, -0.2) is 4.79 Å². The molecule has 0 radical (unpaired) electrons. The molecule has 1 aliphatic rings. The Morgan fingerprint density at radius 2 is 1.89 bits per heavy atom. The van der Waals surface area contributed by atoms with E-state index in [0.717, 1.165) is 12.1 Å². The van der Waals surface area contributed by atoms with Gasteiger partial charge in [-0.1, -0.05) is 0 Å². The van der Waals surface area contributed by atoms with E-state index in [9.17, 15) is 18.0 Å². The first-order chi connectivity index (χ1) is 8.93. The van der Waals surface area contributed by atoms with Gasteiger partial charge in [0.15, 0.2) is 5.70 Å². The standard InChI is InChI=1S/C11H10F3N3O2/c1-19-10(18)9-6-15-16-17(9)8-4-2-7(3-5-8)11(12,13)14/h2-6,15-16H,1H3. The van der Waals surface area contributed by atoms with Crippen LogP contribution in [-0.4, -0.2) is 13.1 Å². The number of methoxy groups -OCH3 is 1. The Labute approximate surface area is 106 Å². The molecule has 2 N–H and O–H groups in total. The van der Waals surface area contributed by atoms with E-state index >= 15 is 0 Å². The van der Waals surface area contributed by atoms with Crippen molar-refractivity contribution in [2.75, 3.05) is 12.1 Å². The first kappa shape index (κ1) is 13.2. The fourth-order valence-corrected chi connectivity index (χ4v) is 1.55. The Hall–Kier alpha value is -2.22. The summed E-state index contributed by atoms with van der Waals surface area (Å²) >= 11 is 0. The van der Waals surface area contributed by atoms with Crippen molar-refractivity contribution in [3.63, 3.8) is 0 Å². The number of nitrogens with zero attached hydrogens (tertiary/aromatic N) is 1. The fraction of sp³-hybridized carbons (Fsp3) is 0.182. The third-order valence-electron chi connectivity index (χ3n) is 2.47. The summed E-state index contributed by atoms with van der Waals surface area (Å²) in [5, 5.41) is 1.28. The first-order valence-electron chi connectivity index (χ1n) is 5.20. The van der Waals surface area contributed by atoms with Crippen LogP contribution in [0.5, 0.6) is 0 Å². The van der Waals surface area contributed by atoms with Gasteiger partial charge in [0.05, 0.1) is 18.4 Å². The third-order valence-corrected chi connectivity index (χ3v) is 2.47. The molecule has 5 nitrogen and oxygen atoms in total. The van der Waals surface area contributed by atoms with Crippen molar-refractivity contribution in [2.24, 2.45) is 0 Å². The number of anilines is 1. The van der Waals surface area contributed by atoms with Gasteiger partial charge in [0.25, 0.3) is 0 Å². The molecule has 102 valence electrons. The molecule has 1 aromatic carbocycles. The van der Waals surface area contributed by atoms with Crippen LogP contribution >= 0.6 is 0 Å². The molecule has 0 amide bonds. The van der Waals surface area contributed by atoms with Crippen molar-refractivity contribution in [1.29, 1.82) is 0 Å². The average molecular weight is 273 g/mol. The van der Waals surface area contributed by atoms with E-state index in [-0.39, 0.29) is 5.70 Å². The molecule has 0 fully saturated rings. The summed E-state index contributed by atoms with van der Waals surface area (Å²) in [6, 6.07) is 4.37. The van der Waals surface area contributed by atoms with Gasteiger partial charge in [-0.3, -0.25) is 5.01 Å². The summed E-state index contributed by atoms with van der Waals surface area (Å²) in [6.45, 7) is 0. The van der Waals surface area contributed by atoms with Gasteiger partial charge in [0.1, 0.15) is 0 Å². The Morgan fingerprint density at radius 3 is 2.42 bits per heavy atom. The summed E-state index contributed by atoms with van der Waals surface area (Å²) in [5.41, 5.74) is 4.93. The Balaban J connectivity index is 2.24. The number of benzene rings is 1. The molecule has 8 heteroatoms. The Bertz CT molecular complexity index is 511. The minimum absolute atomic E-state index is 0.141. The quantitative estimate of drug-likeness (QED) is 0.801. The van der Waals surface area contributed by atoms with Gasteiger partial charge in [-0.05, 0) is 24.3 Å². The molecule has 19 heavy (non-hydrogen) atoms. The Morgan fingerprint density at radius 1 is 1.26 bits per heavy atom. The number of nitrogens with one attached hydrogen (secondary N) is 2. The second-order valence-electron chi connectivity index (χ2n) is 3.66. The zero-order chi connectivity index (χ0) is 14.0. The number of esters is 1. The molecular weight excluding hydrogens is 263 g/mol. The number of rotatable bonds is 2. The van der Waals surface area contributed by atoms with Crippen LogP contribution < -0.4 is 16.0 Å². The van der Waals surface area contributed by atoms with Gasteiger partial charge < -0.3 is 10.2 Å². The van der Waals surface area contributed by atoms with Crippen LogP contribution in [0.2, 0.25) is 0 Å². The summed E-state index contributed by atoms with van der Waals surface area (Å²) in [4.78, 5) is 11.4. The first-order valence-corrected chi connectivity index (χ1v) is 5.20.